The first kappa shape index (κ1) is 10.4. The molecular formula is C9H14N4OS. The molecular weight excluding hydrogens is 212 g/mol. The molecule has 0 saturated heterocycles. The van der Waals surface area contributed by atoms with E-state index < -0.39 is 0 Å². The SMILES string of the molecule is NC(=O)CCCn1c(C2CC2)n[nH]c1=S. The van der Waals surface area contributed by atoms with E-state index in [1.807, 2.05) is 4.57 Å². The maximum absolute atomic E-state index is 10.6. The molecule has 5 nitrogen and oxygen atoms in total. The molecule has 15 heavy (non-hydrogen) atoms. The molecule has 0 radical (unpaired) electrons. The number of aromatic amines is 1. The Balaban J connectivity index is 2.02. The molecule has 1 aromatic rings. The van der Waals surface area contributed by atoms with E-state index in [-0.39, 0.29) is 5.91 Å². The number of amides is 1. The molecule has 0 aromatic carbocycles. The van der Waals surface area contributed by atoms with Crippen LogP contribution >= 0.6 is 12.2 Å². The third kappa shape index (κ3) is 2.44. The van der Waals surface area contributed by atoms with E-state index in [4.69, 9.17) is 18.0 Å². The van der Waals surface area contributed by atoms with E-state index in [0.717, 1.165) is 18.8 Å². The molecule has 1 fully saturated rings. The van der Waals surface area contributed by atoms with Crippen LogP contribution in [0.3, 0.4) is 0 Å². The number of primary amides is 1. The summed E-state index contributed by atoms with van der Waals surface area (Å²) in [5.74, 6) is 1.33. The van der Waals surface area contributed by atoms with Gasteiger partial charge in [0.1, 0.15) is 5.82 Å². The minimum Gasteiger partial charge on any atom is -0.370 e. The molecule has 3 N–H and O–H groups in total. The highest BCUT2D eigenvalue weighted by atomic mass is 32.1. The van der Waals surface area contributed by atoms with Crippen molar-refractivity contribution in [1.29, 1.82) is 0 Å². The molecule has 0 aliphatic heterocycles. The summed E-state index contributed by atoms with van der Waals surface area (Å²) < 4.78 is 2.62. The normalized spacial score (nSPS) is 15.5. The molecule has 1 aliphatic carbocycles. The highest BCUT2D eigenvalue weighted by Gasteiger charge is 2.28. The summed E-state index contributed by atoms with van der Waals surface area (Å²) in [4.78, 5) is 10.6. The minimum atomic E-state index is -0.266. The number of H-pyrrole nitrogens is 1. The maximum atomic E-state index is 10.6. The number of nitrogens with one attached hydrogen (secondary N) is 1. The van der Waals surface area contributed by atoms with Gasteiger partial charge in [-0.25, -0.2) is 0 Å². The number of nitrogens with zero attached hydrogens (tertiary/aromatic N) is 2. The van der Waals surface area contributed by atoms with Gasteiger partial charge in [-0.05, 0) is 31.5 Å². The number of carbonyl (C=O) groups excluding carboxylic acids is 1. The van der Waals surface area contributed by atoms with Crippen LogP contribution in [0.2, 0.25) is 0 Å². The van der Waals surface area contributed by atoms with Crippen molar-refractivity contribution in [3.8, 4) is 0 Å². The number of carbonyl (C=O) groups is 1. The van der Waals surface area contributed by atoms with Crippen molar-refractivity contribution in [3.63, 3.8) is 0 Å². The molecule has 0 bridgehead atoms. The lowest BCUT2D eigenvalue weighted by molar-refractivity contribution is -0.118. The molecule has 0 spiro atoms. The summed E-state index contributed by atoms with van der Waals surface area (Å²) in [6.45, 7) is 0.726. The van der Waals surface area contributed by atoms with Crippen LogP contribution < -0.4 is 5.73 Å². The van der Waals surface area contributed by atoms with Gasteiger partial charge >= 0.3 is 0 Å². The second-order valence-electron chi connectivity index (χ2n) is 3.88. The molecule has 82 valence electrons. The summed E-state index contributed by atoms with van der Waals surface area (Å²) in [5.41, 5.74) is 5.08. The highest BCUT2D eigenvalue weighted by Crippen LogP contribution is 2.38. The van der Waals surface area contributed by atoms with Crippen LogP contribution in [0.1, 0.15) is 37.4 Å². The van der Waals surface area contributed by atoms with Crippen molar-refractivity contribution < 1.29 is 4.79 Å². The van der Waals surface area contributed by atoms with Crippen molar-refractivity contribution in [2.45, 2.75) is 38.1 Å². The van der Waals surface area contributed by atoms with Crippen molar-refractivity contribution in [1.82, 2.24) is 14.8 Å². The van der Waals surface area contributed by atoms with Crippen molar-refractivity contribution >= 4 is 18.1 Å². The van der Waals surface area contributed by atoms with Crippen molar-refractivity contribution in [2.24, 2.45) is 5.73 Å². The van der Waals surface area contributed by atoms with Crippen LogP contribution in [0.15, 0.2) is 0 Å². The third-order valence-electron chi connectivity index (χ3n) is 2.54. The van der Waals surface area contributed by atoms with Crippen LogP contribution in [0.4, 0.5) is 0 Å². The fourth-order valence-electron chi connectivity index (χ4n) is 1.61. The number of rotatable bonds is 5. The summed E-state index contributed by atoms with van der Waals surface area (Å²) in [7, 11) is 0. The van der Waals surface area contributed by atoms with Crippen LogP contribution in [0.5, 0.6) is 0 Å². The van der Waals surface area contributed by atoms with E-state index in [2.05, 4.69) is 10.2 Å². The topological polar surface area (TPSA) is 76.7 Å². The zero-order chi connectivity index (χ0) is 10.8. The molecule has 2 rings (SSSR count). The molecule has 1 amide bonds. The second kappa shape index (κ2) is 4.14. The quantitative estimate of drug-likeness (QED) is 0.738. The largest absolute Gasteiger partial charge is 0.370 e. The smallest absolute Gasteiger partial charge is 0.217 e. The summed E-state index contributed by atoms with van der Waals surface area (Å²) in [6.07, 6.45) is 3.50. The van der Waals surface area contributed by atoms with Gasteiger partial charge in [-0.2, -0.15) is 5.10 Å². The van der Waals surface area contributed by atoms with Crippen LogP contribution in [-0.2, 0) is 11.3 Å². The van der Waals surface area contributed by atoms with Crippen LogP contribution in [0, 0.1) is 4.77 Å². The number of hydrogen-bond acceptors (Lipinski definition) is 3. The van der Waals surface area contributed by atoms with E-state index in [1.165, 1.54) is 12.8 Å². The first-order valence-corrected chi connectivity index (χ1v) is 5.52. The number of hydrogen-bond donors (Lipinski definition) is 2. The van der Waals surface area contributed by atoms with Gasteiger partial charge in [0.05, 0.1) is 0 Å². The average Bonchev–Trinajstić information content (AvgIpc) is 2.94. The number of aromatic nitrogens is 3. The van der Waals surface area contributed by atoms with Crippen LogP contribution in [-0.4, -0.2) is 20.7 Å². The van der Waals surface area contributed by atoms with E-state index >= 15 is 0 Å². The Bertz CT molecular complexity index is 418. The Kier molecular flexibility index (Phi) is 2.86. The average molecular weight is 226 g/mol. The fraction of sp³-hybridized carbons (Fsp3) is 0.667. The van der Waals surface area contributed by atoms with Gasteiger partial charge in [0, 0.05) is 18.9 Å². The van der Waals surface area contributed by atoms with E-state index in [0.29, 0.717) is 17.1 Å². The summed E-state index contributed by atoms with van der Waals surface area (Å²) >= 11 is 5.13. The zero-order valence-electron chi connectivity index (χ0n) is 8.40. The Labute approximate surface area is 92.7 Å². The van der Waals surface area contributed by atoms with E-state index in [1.54, 1.807) is 0 Å². The number of nitrogens with two attached hydrogens (primary N) is 1. The molecule has 0 unspecified atom stereocenters. The highest BCUT2D eigenvalue weighted by molar-refractivity contribution is 7.71. The Morgan fingerprint density at radius 2 is 2.40 bits per heavy atom. The van der Waals surface area contributed by atoms with Gasteiger partial charge in [0.15, 0.2) is 4.77 Å². The predicted molar refractivity (Wildman–Crippen MR) is 57.8 cm³/mol. The lowest BCUT2D eigenvalue weighted by atomic mass is 10.3. The standard InChI is InChI=1S/C9H14N4OS/c10-7(14)2-1-5-13-8(6-3-4-6)11-12-9(13)15/h6H,1-5H2,(H2,10,14)(H,12,15). The Hall–Kier alpha value is -1.17. The molecule has 1 aliphatic rings. The first-order chi connectivity index (χ1) is 7.18. The lowest BCUT2D eigenvalue weighted by Gasteiger charge is -2.04. The fourth-order valence-corrected chi connectivity index (χ4v) is 1.84. The van der Waals surface area contributed by atoms with Gasteiger partial charge in [-0.15, -0.1) is 0 Å². The molecule has 0 atom stereocenters. The van der Waals surface area contributed by atoms with Gasteiger partial charge < -0.3 is 10.3 Å². The second-order valence-corrected chi connectivity index (χ2v) is 4.27. The third-order valence-corrected chi connectivity index (χ3v) is 2.85. The van der Waals surface area contributed by atoms with Gasteiger partial charge in [-0.1, -0.05) is 0 Å². The maximum Gasteiger partial charge on any atom is 0.217 e. The predicted octanol–water partition coefficient (Wildman–Crippen LogP) is 1.08. The van der Waals surface area contributed by atoms with Gasteiger partial charge in [-0.3, -0.25) is 9.89 Å². The van der Waals surface area contributed by atoms with Crippen molar-refractivity contribution in [3.05, 3.63) is 10.6 Å². The molecule has 1 aromatic heterocycles. The van der Waals surface area contributed by atoms with Crippen molar-refractivity contribution in [2.75, 3.05) is 0 Å². The molecule has 1 heterocycles. The molecule has 6 heteroatoms. The molecule has 1 saturated carbocycles. The summed E-state index contributed by atoms with van der Waals surface area (Å²) in [6, 6.07) is 0. The Morgan fingerprint density at radius 1 is 1.67 bits per heavy atom. The van der Waals surface area contributed by atoms with Gasteiger partial charge in [0.25, 0.3) is 0 Å². The Morgan fingerprint density at radius 3 is 3.00 bits per heavy atom. The summed E-state index contributed by atoms with van der Waals surface area (Å²) in [5, 5.41) is 7.00. The zero-order valence-corrected chi connectivity index (χ0v) is 9.22. The van der Waals surface area contributed by atoms with Crippen LogP contribution in [0.25, 0.3) is 0 Å². The lowest BCUT2D eigenvalue weighted by Crippen LogP contribution is -2.12. The monoisotopic (exact) mass is 226 g/mol. The minimum absolute atomic E-state index is 0.266. The van der Waals surface area contributed by atoms with E-state index in [9.17, 15) is 4.79 Å². The first-order valence-electron chi connectivity index (χ1n) is 5.12. The van der Waals surface area contributed by atoms with Gasteiger partial charge in [0.2, 0.25) is 5.91 Å².